The maximum atomic E-state index is 14.4. The number of nitrogens with one attached hydrogen (secondary N) is 3. The molecule has 1 aromatic heterocycles. The highest BCUT2D eigenvalue weighted by Crippen LogP contribution is 2.43. The molecule has 9 nitrogen and oxygen atoms in total. The Labute approximate surface area is 257 Å². The van der Waals surface area contributed by atoms with Crippen LogP contribution in [0.5, 0.6) is 0 Å². The molecular weight excluding hydrogens is 559 g/mol. The van der Waals surface area contributed by atoms with Crippen LogP contribution in [-0.4, -0.2) is 65.6 Å². The lowest BCUT2D eigenvalue weighted by atomic mass is 9.80. The minimum atomic E-state index is -0.526. The Morgan fingerprint density at radius 2 is 1.73 bits per heavy atom. The Balaban J connectivity index is 1.18. The highest BCUT2D eigenvalue weighted by Gasteiger charge is 2.35. The molecule has 2 fully saturated rings. The van der Waals surface area contributed by atoms with Gasteiger partial charge in [0.25, 0.3) is 5.91 Å². The van der Waals surface area contributed by atoms with Crippen molar-refractivity contribution in [3.8, 4) is 11.1 Å². The molecule has 0 unspecified atom stereocenters. The molecule has 1 saturated carbocycles. The number of aromatic nitrogens is 1. The van der Waals surface area contributed by atoms with Crippen molar-refractivity contribution >= 4 is 34.4 Å². The van der Waals surface area contributed by atoms with Crippen molar-refractivity contribution in [3.05, 3.63) is 53.5 Å². The number of primary amides is 1. The summed E-state index contributed by atoms with van der Waals surface area (Å²) in [5.41, 5.74) is 9.73. The predicted octanol–water partition coefficient (Wildman–Crippen LogP) is 5.28. The number of halogens is 1. The van der Waals surface area contributed by atoms with Gasteiger partial charge in [-0.05, 0) is 99.3 Å². The summed E-state index contributed by atoms with van der Waals surface area (Å²) in [6.45, 7) is 7.91. The summed E-state index contributed by atoms with van der Waals surface area (Å²) >= 11 is 0. The first kappa shape index (κ1) is 30.1. The maximum Gasteiger partial charge on any atom is 0.315 e. The molecule has 3 aliphatic rings. The van der Waals surface area contributed by atoms with Gasteiger partial charge in [0.1, 0.15) is 5.82 Å². The third-order valence-corrected chi connectivity index (χ3v) is 9.46. The standard InChI is InChI=1S/C34H43FN6O3/c1-34(2)19-29-31(26-12-6-22(35)18-28(26)41(29)30(42)20-34)21-5-11-25(32(36)43)27(17-21)38-23-7-9-24(10-8-23)39-33(44)37-13-16-40-14-3-4-15-40/h5-6,11-12,17-18,23-24,38H,3-4,7-10,13-16,19-20H2,1-2H3,(H2,36,43)(H2,37,39,44)/t23-,24-. The van der Waals surface area contributed by atoms with Crippen molar-refractivity contribution in [3.63, 3.8) is 0 Å². The smallest absolute Gasteiger partial charge is 0.315 e. The number of hydrogen-bond donors (Lipinski definition) is 4. The van der Waals surface area contributed by atoms with Crippen molar-refractivity contribution in [2.75, 3.05) is 31.5 Å². The second-order valence-electron chi connectivity index (χ2n) is 13.5. The van der Waals surface area contributed by atoms with E-state index in [1.54, 1.807) is 16.7 Å². The Kier molecular flexibility index (Phi) is 8.37. The average Bonchev–Trinajstić information content (AvgIpc) is 3.59. The van der Waals surface area contributed by atoms with E-state index in [-0.39, 0.29) is 29.4 Å². The Bertz CT molecular complexity index is 1580. The van der Waals surface area contributed by atoms with Gasteiger partial charge in [-0.15, -0.1) is 0 Å². The topological polar surface area (TPSA) is 121 Å². The number of hydrogen-bond acceptors (Lipinski definition) is 5. The van der Waals surface area contributed by atoms with Gasteiger partial charge in [0.15, 0.2) is 0 Å². The van der Waals surface area contributed by atoms with E-state index in [9.17, 15) is 18.8 Å². The quantitative estimate of drug-likeness (QED) is 0.280. The molecule has 10 heteroatoms. The van der Waals surface area contributed by atoms with Gasteiger partial charge in [0, 0.05) is 53.9 Å². The summed E-state index contributed by atoms with van der Waals surface area (Å²) in [5.74, 6) is -0.962. The van der Waals surface area contributed by atoms with Crippen LogP contribution in [0.15, 0.2) is 36.4 Å². The fourth-order valence-corrected chi connectivity index (χ4v) is 7.30. The zero-order chi connectivity index (χ0) is 31.0. The summed E-state index contributed by atoms with van der Waals surface area (Å²) in [6.07, 6.45) is 6.81. The van der Waals surface area contributed by atoms with Crippen molar-refractivity contribution in [1.29, 1.82) is 0 Å². The first-order chi connectivity index (χ1) is 21.1. The fraction of sp³-hybridized carbons (Fsp3) is 0.500. The molecule has 1 aliphatic carbocycles. The molecule has 0 atom stereocenters. The molecular formula is C34H43FN6O3. The monoisotopic (exact) mass is 602 g/mol. The Morgan fingerprint density at radius 3 is 2.45 bits per heavy atom. The number of amides is 3. The van der Waals surface area contributed by atoms with Crippen LogP contribution in [-0.2, 0) is 6.42 Å². The van der Waals surface area contributed by atoms with E-state index in [1.165, 1.54) is 25.0 Å². The van der Waals surface area contributed by atoms with Gasteiger partial charge in [-0.3, -0.25) is 14.2 Å². The number of anilines is 1. The third-order valence-electron chi connectivity index (χ3n) is 9.46. The van der Waals surface area contributed by atoms with E-state index >= 15 is 0 Å². The number of urea groups is 1. The Hall–Kier alpha value is -3.92. The van der Waals surface area contributed by atoms with E-state index in [2.05, 4.69) is 34.7 Å². The molecule has 0 bridgehead atoms. The van der Waals surface area contributed by atoms with Gasteiger partial charge in [-0.2, -0.15) is 0 Å². The second-order valence-corrected chi connectivity index (χ2v) is 13.5. The van der Waals surface area contributed by atoms with Gasteiger partial charge in [0.05, 0.1) is 11.1 Å². The summed E-state index contributed by atoms with van der Waals surface area (Å²) in [5, 5.41) is 10.5. The van der Waals surface area contributed by atoms with Crippen molar-refractivity contribution in [2.45, 2.75) is 77.3 Å². The summed E-state index contributed by atoms with van der Waals surface area (Å²) < 4.78 is 16.0. The first-order valence-corrected chi connectivity index (χ1v) is 15.9. The summed E-state index contributed by atoms with van der Waals surface area (Å²) in [7, 11) is 0. The van der Waals surface area contributed by atoms with Crippen LogP contribution < -0.4 is 21.7 Å². The summed E-state index contributed by atoms with van der Waals surface area (Å²) in [4.78, 5) is 40.6. The van der Waals surface area contributed by atoms with Crippen LogP contribution in [0.4, 0.5) is 14.9 Å². The number of fused-ring (bicyclic) bond motifs is 3. The lowest BCUT2D eigenvalue weighted by Gasteiger charge is -2.31. The molecule has 3 amide bonds. The van der Waals surface area contributed by atoms with Gasteiger partial charge in [0.2, 0.25) is 5.91 Å². The maximum absolute atomic E-state index is 14.4. The molecule has 5 N–H and O–H groups in total. The lowest BCUT2D eigenvalue weighted by Crippen LogP contribution is -2.46. The zero-order valence-corrected chi connectivity index (χ0v) is 25.7. The van der Waals surface area contributed by atoms with Crippen molar-refractivity contribution in [2.24, 2.45) is 11.1 Å². The van der Waals surface area contributed by atoms with Crippen LogP contribution in [0.1, 0.15) is 79.6 Å². The summed E-state index contributed by atoms with van der Waals surface area (Å²) in [6, 6.07) is 10.2. The number of rotatable bonds is 8. The van der Waals surface area contributed by atoms with E-state index in [1.807, 2.05) is 12.1 Å². The minimum Gasteiger partial charge on any atom is -0.382 e. The molecule has 234 valence electrons. The normalized spacial score (nSPS) is 21.7. The molecule has 3 aromatic rings. The molecule has 2 aliphatic heterocycles. The van der Waals surface area contributed by atoms with Crippen molar-refractivity contribution in [1.82, 2.24) is 20.1 Å². The number of benzene rings is 2. The zero-order valence-electron chi connectivity index (χ0n) is 25.7. The number of carbonyl (C=O) groups excluding carboxylic acids is 3. The second kappa shape index (κ2) is 12.2. The third kappa shape index (κ3) is 6.31. The molecule has 0 spiro atoms. The first-order valence-electron chi connectivity index (χ1n) is 15.9. The largest absolute Gasteiger partial charge is 0.382 e. The highest BCUT2D eigenvalue weighted by molar-refractivity contribution is 6.06. The van der Waals surface area contributed by atoms with Gasteiger partial charge in [-0.1, -0.05) is 19.9 Å². The molecule has 3 heterocycles. The van der Waals surface area contributed by atoms with E-state index in [0.717, 1.165) is 67.5 Å². The molecule has 6 rings (SSSR count). The number of likely N-dealkylation sites (tertiary alicyclic amines) is 1. The van der Waals surface area contributed by atoms with Crippen LogP contribution in [0.2, 0.25) is 0 Å². The number of nitrogens with zero attached hydrogens (tertiary/aromatic N) is 2. The molecule has 44 heavy (non-hydrogen) atoms. The van der Waals surface area contributed by atoms with Gasteiger partial charge >= 0.3 is 6.03 Å². The van der Waals surface area contributed by atoms with Crippen LogP contribution >= 0.6 is 0 Å². The SMILES string of the molecule is CC1(C)CC(=O)n2c(c(-c3ccc(C(N)=O)c(N[C@H]4CC[C@H](NC(=O)NCCN5CCCC5)CC4)c3)c3ccc(F)cc32)C1. The van der Waals surface area contributed by atoms with Crippen LogP contribution in [0.25, 0.3) is 22.0 Å². The van der Waals surface area contributed by atoms with E-state index in [0.29, 0.717) is 36.2 Å². The molecule has 1 saturated heterocycles. The predicted molar refractivity (Wildman–Crippen MR) is 170 cm³/mol. The average molecular weight is 603 g/mol. The molecule has 0 radical (unpaired) electrons. The number of nitrogens with two attached hydrogens (primary N) is 1. The van der Waals surface area contributed by atoms with Crippen LogP contribution in [0.3, 0.4) is 0 Å². The van der Waals surface area contributed by atoms with Gasteiger partial charge in [-0.25, -0.2) is 9.18 Å². The highest BCUT2D eigenvalue weighted by atomic mass is 19.1. The number of carbonyl (C=O) groups is 3. The Morgan fingerprint density at radius 1 is 1.00 bits per heavy atom. The van der Waals surface area contributed by atoms with Gasteiger partial charge < -0.3 is 26.6 Å². The fourth-order valence-electron chi connectivity index (χ4n) is 7.30. The van der Waals surface area contributed by atoms with Crippen molar-refractivity contribution < 1.29 is 18.8 Å². The minimum absolute atomic E-state index is 0.0455. The van der Waals surface area contributed by atoms with E-state index < -0.39 is 11.7 Å². The lowest BCUT2D eigenvalue weighted by molar-refractivity contribution is 0.0816. The molecule has 2 aromatic carbocycles. The van der Waals surface area contributed by atoms with E-state index in [4.69, 9.17) is 5.73 Å². The van der Waals surface area contributed by atoms with Crippen LogP contribution in [0, 0.1) is 11.2 Å².